The number of hydrogen-bond acceptors (Lipinski definition) is 3. The van der Waals surface area contributed by atoms with Gasteiger partial charge in [0.15, 0.2) is 0 Å². The average molecular weight is 207 g/mol. The first kappa shape index (κ1) is 9.43. The molecule has 1 aromatic rings. The highest BCUT2D eigenvalue weighted by Gasteiger charge is 2.39. The van der Waals surface area contributed by atoms with Crippen LogP contribution in [0.15, 0.2) is 23.0 Å². The summed E-state index contributed by atoms with van der Waals surface area (Å²) in [6, 6.07) is 3.21. The first-order valence-corrected chi connectivity index (χ1v) is 5.78. The average Bonchev–Trinajstić information content (AvgIpc) is 2.77. The fourth-order valence-electron chi connectivity index (χ4n) is 3.10. The van der Waals surface area contributed by atoms with Crippen LogP contribution in [0.1, 0.15) is 31.2 Å². The quantitative estimate of drug-likeness (QED) is 0.803. The molecule has 0 saturated carbocycles. The molecule has 0 aliphatic carbocycles. The van der Waals surface area contributed by atoms with Crippen LogP contribution in [-0.4, -0.2) is 28.2 Å². The van der Waals surface area contributed by atoms with Crippen molar-refractivity contribution in [1.29, 1.82) is 0 Å². The van der Waals surface area contributed by atoms with Crippen molar-refractivity contribution in [3.63, 3.8) is 0 Å². The Balaban J connectivity index is 1.72. The molecule has 1 unspecified atom stereocenters. The molecule has 1 aromatic heterocycles. The number of nitrogens with zero attached hydrogens (tertiary/aromatic N) is 1. The van der Waals surface area contributed by atoms with Gasteiger partial charge < -0.3 is 9.52 Å². The second-order valence-electron chi connectivity index (χ2n) is 4.81. The Hall–Kier alpha value is -0.800. The number of aliphatic hydroxyl groups is 1. The van der Waals surface area contributed by atoms with Crippen molar-refractivity contribution in [3.8, 4) is 0 Å². The van der Waals surface area contributed by atoms with Gasteiger partial charge in [0.05, 0.1) is 18.6 Å². The first-order valence-electron chi connectivity index (χ1n) is 5.78. The van der Waals surface area contributed by atoms with Gasteiger partial charge in [-0.1, -0.05) is 0 Å². The van der Waals surface area contributed by atoms with E-state index < -0.39 is 0 Å². The molecule has 3 rings (SSSR count). The van der Waals surface area contributed by atoms with E-state index in [0.717, 1.165) is 19.4 Å². The third kappa shape index (κ3) is 1.70. The third-order valence-corrected chi connectivity index (χ3v) is 3.80. The number of furan rings is 1. The molecule has 3 heteroatoms. The van der Waals surface area contributed by atoms with Crippen LogP contribution in [0.4, 0.5) is 0 Å². The van der Waals surface area contributed by atoms with Gasteiger partial charge in [0.25, 0.3) is 0 Å². The zero-order valence-corrected chi connectivity index (χ0v) is 8.80. The molecule has 3 nitrogen and oxygen atoms in total. The molecule has 2 fully saturated rings. The van der Waals surface area contributed by atoms with Crippen LogP contribution in [0, 0.1) is 0 Å². The molecule has 1 N–H and O–H groups in total. The lowest BCUT2D eigenvalue weighted by atomic mass is 9.99. The lowest BCUT2D eigenvalue weighted by Gasteiger charge is -2.36. The summed E-state index contributed by atoms with van der Waals surface area (Å²) in [6.45, 7) is 0.985. The molecule has 0 spiro atoms. The minimum absolute atomic E-state index is 0.0666. The number of rotatable bonds is 2. The SMILES string of the molecule is OC1C[C@H]2CC[C@@H](C1)N2Cc1ccoc1. The molecule has 82 valence electrons. The Labute approximate surface area is 89.7 Å². The summed E-state index contributed by atoms with van der Waals surface area (Å²) in [4.78, 5) is 2.54. The van der Waals surface area contributed by atoms with Crippen molar-refractivity contribution in [2.75, 3.05) is 0 Å². The molecule has 2 bridgehead atoms. The topological polar surface area (TPSA) is 36.6 Å². The molecular formula is C12H17NO2. The third-order valence-electron chi connectivity index (χ3n) is 3.80. The minimum atomic E-state index is -0.0666. The number of aliphatic hydroxyl groups excluding tert-OH is 1. The lowest BCUT2D eigenvalue weighted by molar-refractivity contribution is 0.0309. The molecule has 2 saturated heterocycles. The molecule has 2 aliphatic rings. The summed E-state index contributed by atoms with van der Waals surface area (Å²) >= 11 is 0. The molecule has 3 atom stereocenters. The second kappa shape index (κ2) is 3.65. The number of fused-ring (bicyclic) bond motifs is 2. The van der Waals surface area contributed by atoms with E-state index in [-0.39, 0.29) is 6.10 Å². The van der Waals surface area contributed by atoms with E-state index in [4.69, 9.17) is 4.42 Å². The summed E-state index contributed by atoms with van der Waals surface area (Å²) in [5.41, 5.74) is 1.25. The van der Waals surface area contributed by atoms with Crippen molar-refractivity contribution in [1.82, 2.24) is 4.90 Å². The fraction of sp³-hybridized carbons (Fsp3) is 0.667. The van der Waals surface area contributed by atoms with Gasteiger partial charge >= 0.3 is 0 Å². The standard InChI is InChI=1S/C12H17NO2/c14-12-5-10-1-2-11(6-12)13(10)7-9-3-4-15-8-9/h3-4,8,10-12,14H,1-2,5-7H2/t10-,11+,12?. The predicted molar refractivity (Wildman–Crippen MR) is 56.3 cm³/mol. The Morgan fingerprint density at radius 1 is 1.33 bits per heavy atom. The molecule has 15 heavy (non-hydrogen) atoms. The molecular weight excluding hydrogens is 190 g/mol. The minimum Gasteiger partial charge on any atom is -0.472 e. The first-order chi connectivity index (χ1) is 7.33. The summed E-state index contributed by atoms with van der Waals surface area (Å²) < 4.78 is 5.09. The maximum Gasteiger partial charge on any atom is 0.0947 e. The second-order valence-corrected chi connectivity index (χ2v) is 4.81. The Morgan fingerprint density at radius 3 is 2.67 bits per heavy atom. The van der Waals surface area contributed by atoms with Gasteiger partial charge in [0.2, 0.25) is 0 Å². The molecule has 0 aromatic carbocycles. The van der Waals surface area contributed by atoms with Crippen LogP contribution in [0.5, 0.6) is 0 Å². The van der Waals surface area contributed by atoms with Gasteiger partial charge in [-0.2, -0.15) is 0 Å². The van der Waals surface area contributed by atoms with Crippen molar-refractivity contribution < 1.29 is 9.52 Å². The van der Waals surface area contributed by atoms with E-state index in [9.17, 15) is 5.11 Å². The fourth-order valence-corrected chi connectivity index (χ4v) is 3.10. The lowest BCUT2D eigenvalue weighted by Crippen LogP contribution is -2.43. The smallest absolute Gasteiger partial charge is 0.0947 e. The monoisotopic (exact) mass is 207 g/mol. The van der Waals surface area contributed by atoms with Gasteiger partial charge in [-0.3, -0.25) is 4.90 Å². The van der Waals surface area contributed by atoms with Gasteiger partial charge in [0, 0.05) is 24.2 Å². The number of piperidine rings is 1. The summed E-state index contributed by atoms with van der Waals surface area (Å²) in [5, 5.41) is 9.69. The van der Waals surface area contributed by atoms with Gasteiger partial charge in [-0.05, 0) is 31.7 Å². The normalized spacial score (nSPS) is 35.9. The van der Waals surface area contributed by atoms with E-state index >= 15 is 0 Å². The van der Waals surface area contributed by atoms with Crippen molar-refractivity contribution in [2.45, 2.75) is 50.4 Å². The molecule has 3 heterocycles. The Kier molecular flexibility index (Phi) is 2.29. The zero-order valence-electron chi connectivity index (χ0n) is 8.80. The van der Waals surface area contributed by atoms with Gasteiger partial charge in [-0.15, -0.1) is 0 Å². The molecule has 0 radical (unpaired) electrons. The predicted octanol–water partition coefficient (Wildman–Crippen LogP) is 1.77. The van der Waals surface area contributed by atoms with Gasteiger partial charge in [0.1, 0.15) is 0 Å². The maximum absolute atomic E-state index is 9.69. The van der Waals surface area contributed by atoms with E-state index in [1.807, 2.05) is 12.3 Å². The van der Waals surface area contributed by atoms with E-state index in [0.29, 0.717) is 12.1 Å². The summed E-state index contributed by atoms with van der Waals surface area (Å²) in [5.74, 6) is 0. The van der Waals surface area contributed by atoms with Crippen molar-refractivity contribution in [2.24, 2.45) is 0 Å². The highest BCUT2D eigenvalue weighted by molar-refractivity contribution is 5.07. The zero-order chi connectivity index (χ0) is 10.3. The molecule has 0 amide bonds. The highest BCUT2D eigenvalue weighted by atomic mass is 16.3. The highest BCUT2D eigenvalue weighted by Crippen LogP contribution is 2.36. The summed E-state index contributed by atoms with van der Waals surface area (Å²) in [7, 11) is 0. The largest absolute Gasteiger partial charge is 0.472 e. The van der Waals surface area contributed by atoms with Crippen LogP contribution in [0.3, 0.4) is 0 Å². The Morgan fingerprint density at radius 2 is 2.07 bits per heavy atom. The van der Waals surface area contributed by atoms with Crippen molar-refractivity contribution >= 4 is 0 Å². The van der Waals surface area contributed by atoms with Crippen LogP contribution in [0.2, 0.25) is 0 Å². The van der Waals surface area contributed by atoms with E-state index in [1.54, 1.807) is 6.26 Å². The Bertz CT molecular complexity index is 308. The van der Waals surface area contributed by atoms with Crippen LogP contribution in [0.25, 0.3) is 0 Å². The van der Waals surface area contributed by atoms with E-state index in [1.165, 1.54) is 18.4 Å². The van der Waals surface area contributed by atoms with E-state index in [2.05, 4.69) is 4.90 Å². The number of hydrogen-bond donors (Lipinski definition) is 1. The van der Waals surface area contributed by atoms with Crippen LogP contribution >= 0.6 is 0 Å². The van der Waals surface area contributed by atoms with Crippen molar-refractivity contribution in [3.05, 3.63) is 24.2 Å². The maximum atomic E-state index is 9.69. The summed E-state index contributed by atoms with van der Waals surface area (Å²) in [6.07, 6.45) is 7.89. The van der Waals surface area contributed by atoms with Crippen LogP contribution in [-0.2, 0) is 6.54 Å². The van der Waals surface area contributed by atoms with Gasteiger partial charge in [-0.25, -0.2) is 0 Å². The molecule has 2 aliphatic heterocycles. The van der Waals surface area contributed by atoms with Crippen LogP contribution < -0.4 is 0 Å².